The molecular weight excluding hydrogens is 326 g/mol. The molecule has 0 spiro atoms. The SMILES string of the molecule is O=C([C@@H](c1ccccc1)n1cccn1)N1CCN(c2ccncc2)CC1. The molecule has 1 aliphatic heterocycles. The fourth-order valence-electron chi connectivity index (χ4n) is 3.39. The molecule has 1 atom stereocenters. The van der Waals surface area contributed by atoms with Crippen molar-refractivity contribution in [3.8, 4) is 0 Å². The molecule has 3 heterocycles. The fourth-order valence-corrected chi connectivity index (χ4v) is 3.39. The van der Waals surface area contributed by atoms with E-state index >= 15 is 0 Å². The van der Waals surface area contributed by atoms with Gasteiger partial charge in [0.05, 0.1) is 0 Å². The van der Waals surface area contributed by atoms with Crippen molar-refractivity contribution >= 4 is 11.6 Å². The first-order chi connectivity index (χ1) is 12.8. The molecule has 0 aliphatic carbocycles. The van der Waals surface area contributed by atoms with Crippen LogP contribution in [0.4, 0.5) is 5.69 Å². The summed E-state index contributed by atoms with van der Waals surface area (Å²) in [6.45, 7) is 3.03. The van der Waals surface area contributed by atoms with Crippen LogP contribution < -0.4 is 4.90 Å². The van der Waals surface area contributed by atoms with Gasteiger partial charge in [-0.3, -0.25) is 14.5 Å². The van der Waals surface area contributed by atoms with Crippen molar-refractivity contribution in [3.05, 3.63) is 78.9 Å². The van der Waals surface area contributed by atoms with Crippen molar-refractivity contribution in [2.75, 3.05) is 31.1 Å². The average Bonchev–Trinajstić information content (AvgIpc) is 3.24. The van der Waals surface area contributed by atoms with Gasteiger partial charge in [0.25, 0.3) is 5.91 Å². The number of piperazine rings is 1. The minimum atomic E-state index is -0.418. The number of amides is 1. The van der Waals surface area contributed by atoms with Crippen molar-refractivity contribution in [1.29, 1.82) is 0 Å². The largest absolute Gasteiger partial charge is 0.368 e. The quantitative estimate of drug-likeness (QED) is 0.726. The predicted molar refractivity (Wildman–Crippen MR) is 99.8 cm³/mol. The molecule has 3 aromatic rings. The third kappa shape index (κ3) is 3.31. The molecule has 2 aromatic heterocycles. The number of anilines is 1. The summed E-state index contributed by atoms with van der Waals surface area (Å²) >= 11 is 0. The summed E-state index contributed by atoms with van der Waals surface area (Å²) in [7, 11) is 0. The van der Waals surface area contributed by atoms with Gasteiger partial charge < -0.3 is 9.80 Å². The Hall–Kier alpha value is -3.15. The van der Waals surface area contributed by atoms with Gasteiger partial charge in [0.2, 0.25) is 0 Å². The number of hydrogen-bond donors (Lipinski definition) is 0. The van der Waals surface area contributed by atoms with E-state index in [1.54, 1.807) is 23.3 Å². The Morgan fingerprint density at radius 3 is 2.27 bits per heavy atom. The summed E-state index contributed by atoms with van der Waals surface area (Å²) in [6, 6.07) is 15.3. The Morgan fingerprint density at radius 2 is 1.62 bits per heavy atom. The molecule has 1 saturated heterocycles. The summed E-state index contributed by atoms with van der Waals surface area (Å²) in [5, 5.41) is 4.32. The number of pyridine rings is 1. The highest BCUT2D eigenvalue weighted by Crippen LogP contribution is 2.22. The van der Waals surface area contributed by atoms with Crippen LogP contribution in [0.3, 0.4) is 0 Å². The third-order valence-corrected chi connectivity index (χ3v) is 4.76. The lowest BCUT2D eigenvalue weighted by Crippen LogP contribution is -2.50. The molecule has 0 N–H and O–H groups in total. The Balaban J connectivity index is 1.51. The minimum absolute atomic E-state index is 0.0919. The molecule has 26 heavy (non-hydrogen) atoms. The van der Waals surface area contributed by atoms with Crippen molar-refractivity contribution in [3.63, 3.8) is 0 Å². The highest BCUT2D eigenvalue weighted by molar-refractivity contribution is 5.84. The van der Waals surface area contributed by atoms with E-state index < -0.39 is 6.04 Å². The van der Waals surface area contributed by atoms with Crippen LogP contribution in [0, 0.1) is 0 Å². The Morgan fingerprint density at radius 1 is 0.885 bits per heavy atom. The van der Waals surface area contributed by atoms with Crippen molar-refractivity contribution in [1.82, 2.24) is 19.7 Å². The summed E-state index contributed by atoms with van der Waals surface area (Å²) in [4.78, 5) is 21.6. The van der Waals surface area contributed by atoms with Crippen LogP contribution in [-0.2, 0) is 4.79 Å². The lowest BCUT2D eigenvalue weighted by Gasteiger charge is -2.37. The Kier molecular flexibility index (Phi) is 4.64. The van der Waals surface area contributed by atoms with E-state index in [0.29, 0.717) is 13.1 Å². The zero-order valence-corrected chi connectivity index (χ0v) is 14.5. The van der Waals surface area contributed by atoms with E-state index in [9.17, 15) is 4.79 Å². The van der Waals surface area contributed by atoms with Crippen LogP contribution in [0.1, 0.15) is 11.6 Å². The first-order valence-corrected chi connectivity index (χ1v) is 8.81. The molecule has 0 radical (unpaired) electrons. The van der Waals surface area contributed by atoms with Gasteiger partial charge in [-0.1, -0.05) is 30.3 Å². The molecule has 6 nitrogen and oxygen atoms in total. The zero-order chi connectivity index (χ0) is 17.8. The standard InChI is InChI=1S/C20H21N5O/c26-20(19(25-12-4-9-22-25)17-5-2-1-3-6-17)24-15-13-23(14-16-24)18-7-10-21-11-8-18/h1-12,19H,13-16H2/t19-/m1/s1. The highest BCUT2D eigenvalue weighted by Gasteiger charge is 2.30. The molecule has 0 unspecified atom stereocenters. The van der Waals surface area contributed by atoms with Gasteiger partial charge in [-0.15, -0.1) is 0 Å². The molecule has 132 valence electrons. The second-order valence-electron chi connectivity index (χ2n) is 6.32. The molecule has 0 saturated carbocycles. The van der Waals surface area contributed by atoms with Gasteiger partial charge in [0, 0.05) is 56.7 Å². The van der Waals surface area contributed by atoms with Crippen LogP contribution in [0.15, 0.2) is 73.3 Å². The molecule has 1 amide bonds. The average molecular weight is 347 g/mol. The first-order valence-electron chi connectivity index (χ1n) is 8.81. The van der Waals surface area contributed by atoms with E-state index in [2.05, 4.69) is 15.0 Å². The zero-order valence-electron chi connectivity index (χ0n) is 14.5. The van der Waals surface area contributed by atoms with Crippen LogP contribution in [0.5, 0.6) is 0 Å². The van der Waals surface area contributed by atoms with Crippen molar-refractivity contribution < 1.29 is 4.79 Å². The summed E-state index contributed by atoms with van der Waals surface area (Å²) in [5.74, 6) is 0.0919. The molecule has 1 fully saturated rings. The van der Waals surface area contributed by atoms with Gasteiger partial charge in [0.1, 0.15) is 0 Å². The van der Waals surface area contributed by atoms with Gasteiger partial charge in [-0.2, -0.15) is 5.10 Å². The highest BCUT2D eigenvalue weighted by atomic mass is 16.2. The van der Waals surface area contributed by atoms with Crippen LogP contribution in [0.2, 0.25) is 0 Å². The molecule has 6 heteroatoms. The lowest BCUT2D eigenvalue weighted by atomic mass is 10.1. The number of rotatable bonds is 4. The number of aromatic nitrogens is 3. The summed E-state index contributed by atoms with van der Waals surface area (Å²) in [5.41, 5.74) is 2.11. The Bertz CT molecular complexity index is 827. The van der Waals surface area contributed by atoms with Crippen LogP contribution in [0.25, 0.3) is 0 Å². The predicted octanol–water partition coefficient (Wildman–Crippen LogP) is 2.22. The van der Waals surface area contributed by atoms with Crippen molar-refractivity contribution in [2.45, 2.75) is 6.04 Å². The topological polar surface area (TPSA) is 54.3 Å². The van der Waals surface area contributed by atoms with Crippen LogP contribution in [-0.4, -0.2) is 51.8 Å². The molecule has 1 aromatic carbocycles. The second-order valence-corrected chi connectivity index (χ2v) is 6.32. The smallest absolute Gasteiger partial charge is 0.252 e. The van der Waals surface area contributed by atoms with Gasteiger partial charge in [-0.25, -0.2) is 0 Å². The Labute approximate surface area is 152 Å². The number of nitrogens with zero attached hydrogens (tertiary/aromatic N) is 5. The molecule has 4 rings (SSSR count). The van der Waals surface area contributed by atoms with Gasteiger partial charge in [0.15, 0.2) is 6.04 Å². The molecule has 0 bridgehead atoms. The number of carbonyl (C=O) groups is 1. The molecule has 1 aliphatic rings. The van der Waals surface area contributed by atoms with Gasteiger partial charge in [-0.05, 0) is 23.8 Å². The van der Waals surface area contributed by atoms with Crippen molar-refractivity contribution in [2.24, 2.45) is 0 Å². The number of benzene rings is 1. The molecular formula is C20H21N5O. The summed E-state index contributed by atoms with van der Waals surface area (Å²) < 4.78 is 1.74. The fraction of sp³-hybridized carbons (Fsp3) is 0.250. The normalized spacial score (nSPS) is 15.7. The maximum atomic E-state index is 13.3. The monoisotopic (exact) mass is 347 g/mol. The van der Waals surface area contributed by atoms with E-state index in [-0.39, 0.29) is 5.91 Å². The van der Waals surface area contributed by atoms with E-state index in [0.717, 1.165) is 24.3 Å². The maximum Gasteiger partial charge on any atom is 0.252 e. The number of hydrogen-bond acceptors (Lipinski definition) is 4. The lowest BCUT2D eigenvalue weighted by molar-refractivity contribution is -0.134. The van der Waals surface area contributed by atoms with E-state index in [4.69, 9.17) is 0 Å². The van der Waals surface area contributed by atoms with E-state index in [1.807, 2.05) is 59.6 Å². The summed E-state index contributed by atoms with van der Waals surface area (Å²) in [6.07, 6.45) is 7.17. The van der Waals surface area contributed by atoms with E-state index in [1.165, 1.54) is 0 Å². The maximum absolute atomic E-state index is 13.3. The minimum Gasteiger partial charge on any atom is -0.368 e. The van der Waals surface area contributed by atoms with Crippen LogP contribution >= 0.6 is 0 Å². The number of carbonyl (C=O) groups excluding carboxylic acids is 1. The second kappa shape index (κ2) is 7.39. The first kappa shape index (κ1) is 16.3. The third-order valence-electron chi connectivity index (χ3n) is 4.76. The van der Waals surface area contributed by atoms with Gasteiger partial charge >= 0.3 is 0 Å².